The summed E-state index contributed by atoms with van der Waals surface area (Å²) in [5.74, 6) is -0.182. The maximum absolute atomic E-state index is 13.1. The standard InChI is InChI=1S/C25H24N2O3/c1-17-7-4-10-19(15-17)24(28)27-23(16-20-11-6-14-30-20)25(29)26-22-13-5-9-18-8-2-3-12-21(18)22/h2-4,6-8,10-12,14-16,22H,5,9,13H2,1H3,(H,26,29)(H,27,28)/b23-16-/t22-/m0/s1. The number of fused-ring (bicyclic) bond motifs is 1. The lowest BCUT2D eigenvalue weighted by Crippen LogP contribution is -2.37. The fourth-order valence-electron chi connectivity index (χ4n) is 3.79. The summed E-state index contributed by atoms with van der Waals surface area (Å²) in [6, 6.07) is 18.8. The van der Waals surface area contributed by atoms with Gasteiger partial charge in [-0.15, -0.1) is 0 Å². The molecule has 1 atom stereocenters. The molecule has 0 bridgehead atoms. The summed E-state index contributed by atoms with van der Waals surface area (Å²) in [4.78, 5) is 25.9. The van der Waals surface area contributed by atoms with E-state index in [0.717, 1.165) is 30.4 Å². The highest BCUT2D eigenvalue weighted by Gasteiger charge is 2.24. The Kier molecular flexibility index (Phi) is 5.80. The first-order valence-electron chi connectivity index (χ1n) is 10.1. The Morgan fingerprint density at radius 1 is 1.07 bits per heavy atom. The number of amides is 2. The van der Waals surface area contributed by atoms with E-state index in [2.05, 4.69) is 22.8 Å². The van der Waals surface area contributed by atoms with E-state index in [0.29, 0.717) is 11.3 Å². The third kappa shape index (κ3) is 4.51. The fourth-order valence-corrected chi connectivity index (χ4v) is 3.79. The number of hydrogen-bond acceptors (Lipinski definition) is 3. The van der Waals surface area contributed by atoms with Crippen molar-refractivity contribution in [1.29, 1.82) is 0 Å². The molecule has 1 aliphatic rings. The third-order valence-electron chi connectivity index (χ3n) is 5.28. The lowest BCUT2D eigenvalue weighted by Gasteiger charge is -2.26. The molecule has 5 heteroatoms. The smallest absolute Gasteiger partial charge is 0.268 e. The highest BCUT2D eigenvalue weighted by Crippen LogP contribution is 2.29. The van der Waals surface area contributed by atoms with Crippen LogP contribution in [0.3, 0.4) is 0 Å². The van der Waals surface area contributed by atoms with Gasteiger partial charge in [0.15, 0.2) is 0 Å². The van der Waals surface area contributed by atoms with Crippen LogP contribution in [0.1, 0.15) is 51.7 Å². The Hall–Kier alpha value is -3.60. The summed E-state index contributed by atoms with van der Waals surface area (Å²) in [7, 11) is 0. The van der Waals surface area contributed by atoms with Crippen LogP contribution in [-0.4, -0.2) is 11.8 Å². The van der Waals surface area contributed by atoms with Gasteiger partial charge in [-0.3, -0.25) is 9.59 Å². The summed E-state index contributed by atoms with van der Waals surface area (Å²) in [6.07, 6.45) is 5.97. The molecule has 0 spiro atoms. The Bertz CT molecular complexity index is 1080. The topological polar surface area (TPSA) is 71.3 Å². The van der Waals surface area contributed by atoms with E-state index in [1.807, 2.05) is 31.2 Å². The lowest BCUT2D eigenvalue weighted by molar-refractivity contribution is -0.118. The number of carbonyl (C=O) groups excluding carboxylic acids is 2. The van der Waals surface area contributed by atoms with Gasteiger partial charge in [0, 0.05) is 11.6 Å². The minimum Gasteiger partial charge on any atom is -0.465 e. The Morgan fingerprint density at radius 3 is 2.73 bits per heavy atom. The second-order valence-corrected chi connectivity index (χ2v) is 7.51. The first kappa shape index (κ1) is 19.7. The quantitative estimate of drug-likeness (QED) is 0.617. The predicted molar refractivity (Wildman–Crippen MR) is 116 cm³/mol. The van der Waals surface area contributed by atoms with E-state index >= 15 is 0 Å². The van der Waals surface area contributed by atoms with Crippen LogP contribution in [0.5, 0.6) is 0 Å². The van der Waals surface area contributed by atoms with Gasteiger partial charge in [-0.05, 0) is 61.6 Å². The van der Waals surface area contributed by atoms with Crippen molar-refractivity contribution in [3.8, 4) is 0 Å². The van der Waals surface area contributed by atoms with E-state index in [1.54, 1.807) is 30.3 Å². The van der Waals surface area contributed by atoms with Crippen molar-refractivity contribution in [2.24, 2.45) is 0 Å². The van der Waals surface area contributed by atoms with Gasteiger partial charge in [-0.2, -0.15) is 0 Å². The van der Waals surface area contributed by atoms with Gasteiger partial charge >= 0.3 is 0 Å². The van der Waals surface area contributed by atoms with Crippen LogP contribution in [0.2, 0.25) is 0 Å². The molecule has 2 N–H and O–H groups in total. The van der Waals surface area contributed by atoms with Crippen LogP contribution in [-0.2, 0) is 11.2 Å². The summed E-state index contributed by atoms with van der Waals surface area (Å²) in [5, 5.41) is 5.85. The van der Waals surface area contributed by atoms with Crippen LogP contribution in [0.15, 0.2) is 77.0 Å². The molecule has 152 valence electrons. The van der Waals surface area contributed by atoms with Crippen LogP contribution in [0.4, 0.5) is 0 Å². The number of furan rings is 1. The largest absolute Gasteiger partial charge is 0.465 e. The van der Waals surface area contributed by atoms with Crippen LogP contribution in [0.25, 0.3) is 6.08 Å². The van der Waals surface area contributed by atoms with Gasteiger partial charge < -0.3 is 15.1 Å². The summed E-state index contributed by atoms with van der Waals surface area (Å²) >= 11 is 0. The molecule has 0 aliphatic heterocycles. The number of aryl methyl sites for hydroxylation is 2. The highest BCUT2D eigenvalue weighted by molar-refractivity contribution is 6.05. The minimum absolute atomic E-state index is 0.0849. The maximum atomic E-state index is 13.1. The van der Waals surface area contributed by atoms with E-state index in [9.17, 15) is 9.59 Å². The van der Waals surface area contributed by atoms with Crippen LogP contribution in [0, 0.1) is 6.92 Å². The zero-order valence-electron chi connectivity index (χ0n) is 16.9. The molecule has 30 heavy (non-hydrogen) atoms. The Labute approximate surface area is 175 Å². The average molecular weight is 400 g/mol. The maximum Gasteiger partial charge on any atom is 0.268 e. The molecule has 0 saturated heterocycles. The molecule has 0 fully saturated rings. The summed E-state index contributed by atoms with van der Waals surface area (Å²) in [6.45, 7) is 1.92. The molecule has 0 unspecified atom stereocenters. The van der Waals surface area contributed by atoms with E-state index in [1.165, 1.54) is 11.8 Å². The molecule has 5 nitrogen and oxygen atoms in total. The van der Waals surface area contributed by atoms with Crippen molar-refractivity contribution in [2.75, 3.05) is 0 Å². The van der Waals surface area contributed by atoms with Crippen molar-refractivity contribution in [3.63, 3.8) is 0 Å². The van der Waals surface area contributed by atoms with Crippen molar-refractivity contribution < 1.29 is 14.0 Å². The molecule has 0 saturated carbocycles. The van der Waals surface area contributed by atoms with Gasteiger partial charge in [0.1, 0.15) is 11.5 Å². The fraction of sp³-hybridized carbons (Fsp3) is 0.200. The Morgan fingerprint density at radius 2 is 1.93 bits per heavy atom. The third-order valence-corrected chi connectivity index (χ3v) is 5.28. The van der Waals surface area contributed by atoms with E-state index in [4.69, 9.17) is 4.42 Å². The van der Waals surface area contributed by atoms with Crippen molar-refractivity contribution >= 4 is 17.9 Å². The van der Waals surface area contributed by atoms with Crippen molar-refractivity contribution in [1.82, 2.24) is 10.6 Å². The second-order valence-electron chi connectivity index (χ2n) is 7.51. The molecule has 1 heterocycles. The monoisotopic (exact) mass is 400 g/mol. The van der Waals surface area contributed by atoms with Crippen LogP contribution < -0.4 is 10.6 Å². The van der Waals surface area contributed by atoms with Gasteiger partial charge in [0.05, 0.1) is 12.3 Å². The molecule has 1 aliphatic carbocycles. The zero-order chi connectivity index (χ0) is 20.9. The average Bonchev–Trinajstić information content (AvgIpc) is 3.26. The lowest BCUT2D eigenvalue weighted by atomic mass is 9.87. The molecular formula is C25H24N2O3. The molecule has 4 rings (SSSR count). The normalized spacial score (nSPS) is 15.9. The molecule has 0 radical (unpaired) electrons. The van der Waals surface area contributed by atoms with E-state index < -0.39 is 0 Å². The number of hydrogen-bond donors (Lipinski definition) is 2. The predicted octanol–water partition coefficient (Wildman–Crippen LogP) is 4.55. The highest BCUT2D eigenvalue weighted by atomic mass is 16.3. The second kappa shape index (κ2) is 8.82. The number of nitrogens with one attached hydrogen (secondary N) is 2. The minimum atomic E-state index is -0.339. The number of carbonyl (C=O) groups is 2. The van der Waals surface area contributed by atoms with Crippen molar-refractivity contribution in [2.45, 2.75) is 32.2 Å². The zero-order valence-corrected chi connectivity index (χ0v) is 16.9. The molecular weight excluding hydrogens is 376 g/mol. The number of benzene rings is 2. The first-order valence-corrected chi connectivity index (χ1v) is 10.1. The molecule has 2 aromatic carbocycles. The Balaban J connectivity index is 1.57. The van der Waals surface area contributed by atoms with E-state index in [-0.39, 0.29) is 23.6 Å². The van der Waals surface area contributed by atoms with Gasteiger partial charge in [-0.25, -0.2) is 0 Å². The van der Waals surface area contributed by atoms with Gasteiger partial charge in [0.25, 0.3) is 11.8 Å². The van der Waals surface area contributed by atoms with Crippen molar-refractivity contribution in [3.05, 3.63) is 101 Å². The number of rotatable bonds is 5. The molecule has 1 aromatic heterocycles. The summed E-state index contributed by atoms with van der Waals surface area (Å²) in [5.41, 5.74) is 4.02. The SMILES string of the molecule is Cc1cccc(C(=O)N/C(=C\c2ccco2)C(=O)N[C@H]2CCCc3ccccc32)c1. The molecule has 3 aromatic rings. The van der Waals surface area contributed by atoms with Gasteiger partial charge in [0.2, 0.25) is 0 Å². The summed E-state index contributed by atoms with van der Waals surface area (Å²) < 4.78 is 5.36. The van der Waals surface area contributed by atoms with Gasteiger partial charge in [-0.1, -0.05) is 42.0 Å². The first-order chi connectivity index (χ1) is 14.6. The van der Waals surface area contributed by atoms with Crippen LogP contribution >= 0.6 is 0 Å². The molecule has 2 amide bonds.